The first-order valence-electron chi connectivity index (χ1n) is 5.29. The van der Waals surface area contributed by atoms with Gasteiger partial charge in [-0.25, -0.2) is 9.07 Å². The van der Waals surface area contributed by atoms with Gasteiger partial charge in [0, 0.05) is 23.7 Å². The van der Waals surface area contributed by atoms with E-state index in [9.17, 15) is 9.18 Å². The van der Waals surface area contributed by atoms with Crippen molar-refractivity contribution in [2.75, 3.05) is 12.4 Å². The van der Waals surface area contributed by atoms with Gasteiger partial charge < -0.3 is 5.32 Å². The fourth-order valence-corrected chi connectivity index (χ4v) is 1.66. The molecular formula is C12H11ClFN3O. The highest BCUT2D eigenvalue weighted by atomic mass is 35.5. The van der Waals surface area contributed by atoms with Crippen LogP contribution >= 0.6 is 11.6 Å². The minimum absolute atomic E-state index is 0.0752. The molecule has 94 valence electrons. The summed E-state index contributed by atoms with van der Waals surface area (Å²) in [5, 5.41) is 7.08. The maximum absolute atomic E-state index is 13.6. The lowest BCUT2D eigenvalue weighted by atomic mass is 10.2. The van der Waals surface area contributed by atoms with Crippen molar-refractivity contribution in [3.8, 4) is 0 Å². The SMILES string of the molecule is CNc1cnn(Cc2ccc(Cl)cc2F)c(=O)c1. The zero-order valence-electron chi connectivity index (χ0n) is 9.65. The van der Waals surface area contributed by atoms with Crippen molar-refractivity contribution in [3.63, 3.8) is 0 Å². The number of benzene rings is 1. The number of aromatic nitrogens is 2. The molecule has 1 aromatic heterocycles. The third-order valence-electron chi connectivity index (χ3n) is 2.49. The summed E-state index contributed by atoms with van der Waals surface area (Å²) in [5.74, 6) is -0.450. The summed E-state index contributed by atoms with van der Waals surface area (Å²) < 4.78 is 14.8. The van der Waals surface area contributed by atoms with E-state index in [1.807, 2.05) is 0 Å². The Kier molecular flexibility index (Phi) is 3.62. The van der Waals surface area contributed by atoms with Crippen molar-refractivity contribution in [1.29, 1.82) is 0 Å². The van der Waals surface area contributed by atoms with Crippen LogP contribution in [-0.4, -0.2) is 16.8 Å². The van der Waals surface area contributed by atoms with E-state index in [0.717, 1.165) is 0 Å². The molecular weight excluding hydrogens is 257 g/mol. The summed E-state index contributed by atoms with van der Waals surface area (Å²) in [6.07, 6.45) is 1.51. The van der Waals surface area contributed by atoms with Crippen LogP contribution < -0.4 is 10.9 Å². The minimum atomic E-state index is -0.450. The van der Waals surface area contributed by atoms with Gasteiger partial charge in [-0.2, -0.15) is 5.10 Å². The fourth-order valence-electron chi connectivity index (χ4n) is 1.50. The molecule has 0 atom stereocenters. The molecule has 0 radical (unpaired) electrons. The highest BCUT2D eigenvalue weighted by Crippen LogP contribution is 2.15. The number of nitrogens with zero attached hydrogens (tertiary/aromatic N) is 2. The van der Waals surface area contributed by atoms with E-state index in [0.29, 0.717) is 16.3 Å². The summed E-state index contributed by atoms with van der Waals surface area (Å²) in [5.41, 5.74) is 0.690. The molecule has 1 heterocycles. The maximum Gasteiger partial charge on any atom is 0.269 e. The lowest BCUT2D eigenvalue weighted by Gasteiger charge is -2.07. The summed E-state index contributed by atoms with van der Waals surface area (Å²) in [6.45, 7) is 0.0752. The monoisotopic (exact) mass is 267 g/mol. The Labute approximate surface area is 108 Å². The zero-order valence-corrected chi connectivity index (χ0v) is 10.4. The second-order valence-corrected chi connectivity index (χ2v) is 4.16. The highest BCUT2D eigenvalue weighted by molar-refractivity contribution is 6.30. The Bertz CT molecular complexity index is 627. The first kappa shape index (κ1) is 12.6. The second kappa shape index (κ2) is 5.18. The lowest BCUT2D eigenvalue weighted by Crippen LogP contribution is -2.23. The molecule has 6 heteroatoms. The second-order valence-electron chi connectivity index (χ2n) is 3.73. The summed E-state index contributed by atoms with van der Waals surface area (Å²) >= 11 is 5.66. The molecule has 0 bridgehead atoms. The van der Waals surface area contributed by atoms with Crippen molar-refractivity contribution in [1.82, 2.24) is 9.78 Å². The number of halogens is 2. The molecule has 4 nitrogen and oxygen atoms in total. The number of anilines is 1. The van der Waals surface area contributed by atoms with Crippen LogP contribution in [0.25, 0.3) is 0 Å². The van der Waals surface area contributed by atoms with Gasteiger partial charge in [-0.05, 0) is 12.1 Å². The van der Waals surface area contributed by atoms with Crippen LogP contribution in [0.5, 0.6) is 0 Å². The Morgan fingerprint density at radius 1 is 1.44 bits per heavy atom. The van der Waals surface area contributed by atoms with Crippen molar-refractivity contribution in [3.05, 3.63) is 57.2 Å². The van der Waals surface area contributed by atoms with Crippen LogP contribution in [0.2, 0.25) is 5.02 Å². The number of nitrogens with one attached hydrogen (secondary N) is 1. The number of hydrogen-bond donors (Lipinski definition) is 1. The minimum Gasteiger partial charge on any atom is -0.387 e. The molecule has 0 spiro atoms. The van der Waals surface area contributed by atoms with Crippen LogP contribution in [0.3, 0.4) is 0 Å². The van der Waals surface area contributed by atoms with Gasteiger partial charge >= 0.3 is 0 Å². The molecule has 0 saturated heterocycles. The van der Waals surface area contributed by atoms with Gasteiger partial charge in [0.1, 0.15) is 5.82 Å². The van der Waals surface area contributed by atoms with Crippen LogP contribution in [0.4, 0.5) is 10.1 Å². The molecule has 0 aliphatic rings. The van der Waals surface area contributed by atoms with Crippen LogP contribution in [-0.2, 0) is 6.54 Å². The predicted octanol–water partition coefficient (Wildman–Crippen LogP) is 2.13. The topological polar surface area (TPSA) is 46.9 Å². The molecule has 2 aromatic rings. The normalized spacial score (nSPS) is 10.4. The maximum atomic E-state index is 13.6. The quantitative estimate of drug-likeness (QED) is 0.927. The number of rotatable bonds is 3. The Morgan fingerprint density at radius 2 is 2.22 bits per heavy atom. The van der Waals surface area contributed by atoms with Gasteiger partial charge in [-0.1, -0.05) is 17.7 Å². The third-order valence-corrected chi connectivity index (χ3v) is 2.73. The summed E-state index contributed by atoms with van der Waals surface area (Å²) in [4.78, 5) is 11.7. The zero-order chi connectivity index (χ0) is 13.1. The van der Waals surface area contributed by atoms with Crippen molar-refractivity contribution < 1.29 is 4.39 Å². The summed E-state index contributed by atoms with van der Waals surface area (Å²) in [7, 11) is 1.69. The van der Waals surface area contributed by atoms with E-state index in [2.05, 4.69) is 10.4 Å². The van der Waals surface area contributed by atoms with Crippen LogP contribution in [0.1, 0.15) is 5.56 Å². The molecule has 2 rings (SSSR count). The van der Waals surface area contributed by atoms with Gasteiger partial charge in [0.15, 0.2) is 0 Å². The van der Waals surface area contributed by atoms with Crippen LogP contribution in [0.15, 0.2) is 35.3 Å². The average Bonchev–Trinajstić information content (AvgIpc) is 2.34. The van der Waals surface area contributed by atoms with Gasteiger partial charge in [-0.3, -0.25) is 4.79 Å². The smallest absolute Gasteiger partial charge is 0.269 e. The molecule has 0 fully saturated rings. The van der Waals surface area contributed by atoms with E-state index >= 15 is 0 Å². The highest BCUT2D eigenvalue weighted by Gasteiger charge is 2.06. The van der Waals surface area contributed by atoms with Gasteiger partial charge in [0.25, 0.3) is 5.56 Å². The standard InChI is InChI=1S/C12H11ClFN3O/c1-15-10-5-12(18)17(16-6-10)7-8-2-3-9(13)4-11(8)14/h2-6,15H,7H2,1H3. The fraction of sp³-hybridized carbons (Fsp3) is 0.167. The van der Waals surface area contributed by atoms with Gasteiger partial charge in [0.2, 0.25) is 0 Å². The van der Waals surface area contributed by atoms with E-state index in [4.69, 9.17) is 11.6 Å². The largest absolute Gasteiger partial charge is 0.387 e. The van der Waals surface area contributed by atoms with Crippen LogP contribution in [0, 0.1) is 5.82 Å². The first-order chi connectivity index (χ1) is 8.60. The molecule has 0 unspecified atom stereocenters. The van der Waals surface area contributed by atoms with Gasteiger partial charge in [-0.15, -0.1) is 0 Å². The summed E-state index contributed by atoms with van der Waals surface area (Å²) in [6, 6.07) is 5.73. The van der Waals surface area contributed by atoms with Crippen molar-refractivity contribution >= 4 is 17.3 Å². The number of hydrogen-bond acceptors (Lipinski definition) is 3. The Hall–Kier alpha value is -1.88. The predicted molar refractivity (Wildman–Crippen MR) is 68.6 cm³/mol. The van der Waals surface area contributed by atoms with E-state index in [1.165, 1.54) is 29.1 Å². The average molecular weight is 268 g/mol. The van der Waals surface area contributed by atoms with Gasteiger partial charge in [0.05, 0.1) is 18.4 Å². The van der Waals surface area contributed by atoms with Crippen molar-refractivity contribution in [2.24, 2.45) is 0 Å². The van der Waals surface area contributed by atoms with E-state index < -0.39 is 5.82 Å². The lowest BCUT2D eigenvalue weighted by molar-refractivity contribution is 0.572. The molecule has 1 aromatic carbocycles. The molecule has 0 saturated carbocycles. The third kappa shape index (κ3) is 2.68. The molecule has 0 aliphatic heterocycles. The molecule has 0 amide bonds. The molecule has 18 heavy (non-hydrogen) atoms. The first-order valence-corrected chi connectivity index (χ1v) is 5.67. The molecule has 1 N–H and O–H groups in total. The van der Waals surface area contributed by atoms with E-state index in [-0.39, 0.29) is 12.1 Å². The Morgan fingerprint density at radius 3 is 2.83 bits per heavy atom. The molecule has 0 aliphatic carbocycles. The van der Waals surface area contributed by atoms with E-state index in [1.54, 1.807) is 13.1 Å². The Balaban J connectivity index is 2.31. The van der Waals surface area contributed by atoms with Crippen molar-refractivity contribution in [2.45, 2.75) is 6.54 Å².